The molecule has 1 N–H and O–H groups in total. The molecule has 0 fully saturated rings. The molecular formula is C21H15BrClN3O. The molecule has 0 unspecified atom stereocenters. The van der Waals surface area contributed by atoms with Gasteiger partial charge in [-0.1, -0.05) is 63.9 Å². The Morgan fingerprint density at radius 1 is 1.11 bits per heavy atom. The fourth-order valence-corrected chi connectivity index (χ4v) is 3.53. The van der Waals surface area contributed by atoms with Crippen LogP contribution in [0.4, 0.5) is 5.82 Å². The van der Waals surface area contributed by atoms with Crippen LogP contribution in [0.3, 0.4) is 0 Å². The molecule has 0 atom stereocenters. The van der Waals surface area contributed by atoms with E-state index < -0.39 is 0 Å². The smallest absolute Gasteiger partial charge is 0.258 e. The number of pyridine rings is 1. The number of nitrogens with one attached hydrogen (secondary N) is 1. The van der Waals surface area contributed by atoms with E-state index in [9.17, 15) is 4.79 Å². The van der Waals surface area contributed by atoms with Crippen molar-refractivity contribution in [2.24, 2.45) is 0 Å². The van der Waals surface area contributed by atoms with Gasteiger partial charge < -0.3 is 5.32 Å². The molecule has 0 aliphatic heterocycles. The first-order chi connectivity index (χ1) is 13.0. The summed E-state index contributed by atoms with van der Waals surface area (Å²) in [4.78, 5) is 17.7. The van der Waals surface area contributed by atoms with Gasteiger partial charge in [0, 0.05) is 16.2 Å². The number of rotatable bonds is 3. The second-order valence-corrected chi connectivity index (χ2v) is 7.46. The van der Waals surface area contributed by atoms with E-state index in [1.807, 2.05) is 60.0 Å². The molecule has 0 saturated heterocycles. The SMILES string of the molecule is Cc1cccn2c(NC(=O)c3cc(Br)ccc3Cl)c(-c3ccccc3)nc12. The molecule has 0 aliphatic carbocycles. The fraction of sp³-hybridized carbons (Fsp3) is 0.0476. The molecule has 27 heavy (non-hydrogen) atoms. The highest BCUT2D eigenvalue weighted by Gasteiger charge is 2.19. The molecule has 4 aromatic rings. The highest BCUT2D eigenvalue weighted by molar-refractivity contribution is 9.10. The molecule has 0 bridgehead atoms. The average molecular weight is 441 g/mol. The number of benzene rings is 2. The van der Waals surface area contributed by atoms with Crippen molar-refractivity contribution in [2.45, 2.75) is 6.92 Å². The van der Waals surface area contributed by atoms with Crippen molar-refractivity contribution >= 4 is 44.9 Å². The zero-order valence-electron chi connectivity index (χ0n) is 14.4. The van der Waals surface area contributed by atoms with Crippen LogP contribution in [0.1, 0.15) is 15.9 Å². The van der Waals surface area contributed by atoms with Crippen molar-refractivity contribution < 1.29 is 4.79 Å². The maximum Gasteiger partial charge on any atom is 0.258 e. The van der Waals surface area contributed by atoms with Crippen LogP contribution in [-0.2, 0) is 0 Å². The van der Waals surface area contributed by atoms with Crippen molar-refractivity contribution in [3.05, 3.63) is 87.5 Å². The third-order valence-electron chi connectivity index (χ3n) is 4.30. The highest BCUT2D eigenvalue weighted by atomic mass is 79.9. The summed E-state index contributed by atoms with van der Waals surface area (Å²) in [5, 5.41) is 3.39. The Morgan fingerprint density at radius 2 is 1.89 bits per heavy atom. The van der Waals surface area contributed by atoms with Crippen LogP contribution in [-0.4, -0.2) is 15.3 Å². The van der Waals surface area contributed by atoms with Crippen LogP contribution in [0.25, 0.3) is 16.9 Å². The van der Waals surface area contributed by atoms with Gasteiger partial charge >= 0.3 is 0 Å². The summed E-state index contributed by atoms with van der Waals surface area (Å²) in [6, 6.07) is 18.9. The van der Waals surface area contributed by atoms with Gasteiger partial charge in [0.25, 0.3) is 5.91 Å². The van der Waals surface area contributed by atoms with E-state index in [1.165, 1.54) is 0 Å². The van der Waals surface area contributed by atoms with Gasteiger partial charge in [0.1, 0.15) is 17.2 Å². The highest BCUT2D eigenvalue weighted by Crippen LogP contribution is 2.31. The van der Waals surface area contributed by atoms with Gasteiger partial charge in [-0.05, 0) is 36.8 Å². The van der Waals surface area contributed by atoms with E-state index in [0.29, 0.717) is 22.1 Å². The van der Waals surface area contributed by atoms with Gasteiger partial charge in [-0.15, -0.1) is 0 Å². The van der Waals surface area contributed by atoms with Crippen molar-refractivity contribution in [1.82, 2.24) is 9.38 Å². The lowest BCUT2D eigenvalue weighted by molar-refractivity contribution is 0.102. The zero-order chi connectivity index (χ0) is 19.0. The van der Waals surface area contributed by atoms with Crippen LogP contribution in [0.5, 0.6) is 0 Å². The molecule has 0 saturated carbocycles. The van der Waals surface area contributed by atoms with E-state index in [2.05, 4.69) is 21.2 Å². The Hall–Kier alpha value is -2.63. The molecule has 2 heterocycles. The van der Waals surface area contributed by atoms with Gasteiger partial charge in [-0.3, -0.25) is 9.20 Å². The summed E-state index contributed by atoms with van der Waals surface area (Å²) in [5.74, 6) is 0.322. The first-order valence-electron chi connectivity index (χ1n) is 8.34. The normalized spacial score (nSPS) is 10.9. The van der Waals surface area contributed by atoms with Crippen LogP contribution in [0.15, 0.2) is 71.3 Å². The summed E-state index contributed by atoms with van der Waals surface area (Å²) < 4.78 is 2.68. The molecule has 0 radical (unpaired) electrons. The summed E-state index contributed by atoms with van der Waals surface area (Å²) in [6.45, 7) is 1.99. The van der Waals surface area contributed by atoms with E-state index in [4.69, 9.17) is 16.6 Å². The second kappa shape index (κ2) is 7.18. The lowest BCUT2D eigenvalue weighted by atomic mass is 10.1. The molecule has 1 amide bonds. The third kappa shape index (κ3) is 3.36. The molecular weight excluding hydrogens is 426 g/mol. The summed E-state index contributed by atoms with van der Waals surface area (Å²) in [6.07, 6.45) is 1.89. The molecule has 0 aliphatic rings. The van der Waals surface area contributed by atoms with Gasteiger partial charge in [-0.25, -0.2) is 4.98 Å². The molecule has 4 nitrogen and oxygen atoms in total. The lowest BCUT2D eigenvalue weighted by Gasteiger charge is -2.09. The number of anilines is 1. The maximum absolute atomic E-state index is 12.9. The second-order valence-electron chi connectivity index (χ2n) is 6.14. The number of carbonyl (C=O) groups is 1. The molecule has 2 aromatic heterocycles. The van der Waals surface area contributed by atoms with Gasteiger partial charge in [0.05, 0.1) is 10.6 Å². The van der Waals surface area contributed by atoms with E-state index in [0.717, 1.165) is 21.2 Å². The van der Waals surface area contributed by atoms with Gasteiger partial charge in [0.15, 0.2) is 0 Å². The molecule has 4 rings (SSSR count). The number of aryl methyl sites for hydroxylation is 1. The van der Waals surface area contributed by atoms with Crippen molar-refractivity contribution in [1.29, 1.82) is 0 Å². The average Bonchev–Trinajstić information content (AvgIpc) is 3.04. The standard InChI is InChI=1S/C21H15BrClN3O/c1-13-6-5-11-26-19(13)24-18(14-7-3-2-4-8-14)20(26)25-21(27)16-12-15(22)9-10-17(16)23/h2-12H,1H3,(H,25,27). The van der Waals surface area contributed by atoms with Crippen molar-refractivity contribution in [2.75, 3.05) is 5.32 Å². The largest absolute Gasteiger partial charge is 0.306 e. The Kier molecular flexibility index (Phi) is 4.72. The number of nitrogens with zero attached hydrogens (tertiary/aromatic N) is 2. The fourth-order valence-electron chi connectivity index (χ4n) is 2.97. The van der Waals surface area contributed by atoms with Crippen LogP contribution >= 0.6 is 27.5 Å². The van der Waals surface area contributed by atoms with Gasteiger partial charge in [-0.2, -0.15) is 0 Å². The molecule has 0 spiro atoms. The van der Waals surface area contributed by atoms with Crippen molar-refractivity contribution in [3.8, 4) is 11.3 Å². The molecule has 134 valence electrons. The third-order valence-corrected chi connectivity index (χ3v) is 5.12. The Morgan fingerprint density at radius 3 is 2.67 bits per heavy atom. The minimum Gasteiger partial charge on any atom is -0.306 e. The Bertz CT molecular complexity index is 1160. The van der Waals surface area contributed by atoms with E-state index >= 15 is 0 Å². The first kappa shape index (κ1) is 17.8. The topological polar surface area (TPSA) is 46.4 Å². The number of amides is 1. The van der Waals surface area contributed by atoms with E-state index in [1.54, 1.807) is 18.2 Å². The monoisotopic (exact) mass is 439 g/mol. The van der Waals surface area contributed by atoms with Crippen LogP contribution in [0.2, 0.25) is 5.02 Å². The minimum atomic E-state index is -0.290. The zero-order valence-corrected chi connectivity index (χ0v) is 16.8. The van der Waals surface area contributed by atoms with E-state index in [-0.39, 0.29) is 5.91 Å². The quantitative estimate of drug-likeness (QED) is 0.426. The first-order valence-corrected chi connectivity index (χ1v) is 9.51. The maximum atomic E-state index is 12.9. The van der Waals surface area contributed by atoms with Gasteiger partial charge in [0.2, 0.25) is 0 Å². The molecule has 2 aromatic carbocycles. The number of fused-ring (bicyclic) bond motifs is 1. The predicted octanol–water partition coefficient (Wildman–Crippen LogP) is 5.98. The lowest BCUT2D eigenvalue weighted by Crippen LogP contribution is -2.14. The Labute approximate surface area is 169 Å². The minimum absolute atomic E-state index is 0.290. The number of hydrogen-bond donors (Lipinski definition) is 1. The number of carbonyl (C=O) groups excluding carboxylic acids is 1. The Balaban J connectivity index is 1.86. The predicted molar refractivity (Wildman–Crippen MR) is 112 cm³/mol. The number of hydrogen-bond acceptors (Lipinski definition) is 2. The summed E-state index contributed by atoms with van der Waals surface area (Å²) in [7, 11) is 0. The summed E-state index contributed by atoms with van der Waals surface area (Å²) in [5.41, 5.74) is 3.86. The van der Waals surface area contributed by atoms with Crippen LogP contribution < -0.4 is 5.32 Å². The number of halogens is 2. The number of imidazole rings is 1. The number of aromatic nitrogens is 2. The van der Waals surface area contributed by atoms with Crippen molar-refractivity contribution in [3.63, 3.8) is 0 Å². The van der Waals surface area contributed by atoms with Crippen LogP contribution in [0, 0.1) is 6.92 Å². The molecule has 6 heteroatoms. The summed E-state index contributed by atoms with van der Waals surface area (Å²) >= 11 is 9.61.